The van der Waals surface area contributed by atoms with Crippen LogP contribution in [0, 0.1) is 5.92 Å². The summed E-state index contributed by atoms with van der Waals surface area (Å²) >= 11 is 6.10. The average molecular weight is 238 g/mol. The number of carbonyl (C=O) groups is 1. The van der Waals surface area contributed by atoms with Gasteiger partial charge in [0.05, 0.1) is 0 Å². The van der Waals surface area contributed by atoms with E-state index >= 15 is 0 Å². The van der Waals surface area contributed by atoms with Gasteiger partial charge in [-0.3, -0.25) is 4.79 Å². The third-order valence-corrected chi connectivity index (χ3v) is 3.48. The van der Waals surface area contributed by atoms with Crippen molar-refractivity contribution >= 4 is 17.4 Å². The van der Waals surface area contributed by atoms with Crippen LogP contribution in [0.2, 0.25) is 5.02 Å². The van der Waals surface area contributed by atoms with Crippen molar-refractivity contribution < 1.29 is 4.79 Å². The van der Waals surface area contributed by atoms with Crippen LogP contribution in [-0.4, -0.2) is 31.3 Å². The Kier molecular flexibility index (Phi) is 3.31. The summed E-state index contributed by atoms with van der Waals surface area (Å²) in [7, 11) is 4.05. The van der Waals surface area contributed by atoms with Gasteiger partial charge in [-0.25, -0.2) is 0 Å². The van der Waals surface area contributed by atoms with Gasteiger partial charge in [-0.05, 0) is 45.1 Å². The van der Waals surface area contributed by atoms with Gasteiger partial charge in [0.1, 0.15) is 0 Å². The molecule has 0 amide bonds. The van der Waals surface area contributed by atoms with Crippen molar-refractivity contribution in [3.05, 3.63) is 34.3 Å². The topological polar surface area (TPSA) is 20.3 Å². The van der Waals surface area contributed by atoms with E-state index in [2.05, 4.69) is 4.90 Å². The van der Waals surface area contributed by atoms with Crippen LogP contribution in [-0.2, 0) is 6.42 Å². The van der Waals surface area contributed by atoms with Crippen LogP contribution in [0.5, 0.6) is 0 Å². The van der Waals surface area contributed by atoms with Crippen LogP contribution in [0.4, 0.5) is 0 Å². The molecule has 1 aliphatic rings. The van der Waals surface area contributed by atoms with Crippen LogP contribution in [0.15, 0.2) is 18.2 Å². The second kappa shape index (κ2) is 4.56. The molecule has 1 aromatic rings. The molecule has 0 radical (unpaired) electrons. The molecule has 3 heteroatoms. The smallest absolute Gasteiger partial charge is 0.166 e. The highest BCUT2D eigenvalue weighted by atomic mass is 35.5. The second-order valence-electron chi connectivity index (χ2n) is 4.62. The predicted octanol–water partition coefficient (Wildman–Crippen LogP) is 2.65. The molecule has 0 aliphatic heterocycles. The van der Waals surface area contributed by atoms with Gasteiger partial charge in [0.2, 0.25) is 0 Å². The Bertz CT molecular complexity index is 414. The summed E-state index contributed by atoms with van der Waals surface area (Å²) < 4.78 is 0. The Labute approximate surface area is 101 Å². The third kappa shape index (κ3) is 2.13. The number of nitrogens with zero attached hydrogens (tertiary/aromatic N) is 1. The quantitative estimate of drug-likeness (QED) is 0.806. The van der Waals surface area contributed by atoms with Crippen LogP contribution in [0.3, 0.4) is 0 Å². The lowest BCUT2D eigenvalue weighted by atomic mass is 10.0. The maximum atomic E-state index is 12.1. The van der Waals surface area contributed by atoms with Crippen molar-refractivity contribution in [2.75, 3.05) is 20.6 Å². The molecule has 0 saturated carbocycles. The molecule has 0 heterocycles. The lowest BCUT2D eigenvalue weighted by Crippen LogP contribution is -2.19. The largest absolute Gasteiger partial charge is 0.309 e. The highest BCUT2D eigenvalue weighted by molar-refractivity contribution is 6.32. The fraction of sp³-hybridized carbons (Fsp3) is 0.462. The van der Waals surface area contributed by atoms with Crippen LogP contribution in [0.25, 0.3) is 0 Å². The van der Waals surface area contributed by atoms with E-state index < -0.39 is 0 Å². The van der Waals surface area contributed by atoms with Crippen molar-refractivity contribution in [1.29, 1.82) is 0 Å². The lowest BCUT2D eigenvalue weighted by molar-refractivity contribution is 0.0925. The van der Waals surface area contributed by atoms with Crippen molar-refractivity contribution in [2.24, 2.45) is 5.92 Å². The molecule has 0 aromatic heterocycles. The van der Waals surface area contributed by atoms with Crippen molar-refractivity contribution in [3.8, 4) is 0 Å². The van der Waals surface area contributed by atoms with Crippen molar-refractivity contribution in [2.45, 2.75) is 12.8 Å². The first-order valence-electron chi connectivity index (χ1n) is 5.56. The zero-order valence-electron chi connectivity index (χ0n) is 9.66. The molecule has 2 rings (SSSR count). The molecule has 0 N–H and O–H groups in total. The number of halogens is 1. The standard InChI is InChI=1S/C13H16ClNO/c1-15(2)7-6-9-8-11-10(13(9)16)4-3-5-12(11)14/h3-5,9H,6-8H2,1-2H3. The fourth-order valence-electron chi connectivity index (χ4n) is 2.20. The van der Waals surface area contributed by atoms with Gasteiger partial charge in [-0.15, -0.1) is 0 Å². The number of hydrogen-bond acceptors (Lipinski definition) is 2. The normalized spacial score (nSPS) is 19.2. The van der Waals surface area contributed by atoms with Gasteiger partial charge >= 0.3 is 0 Å². The summed E-state index contributed by atoms with van der Waals surface area (Å²) in [6, 6.07) is 5.61. The summed E-state index contributed by atoms with van der Waals surface area (Å²) in [5.74, 6) is 0.386. The predicted molar refractivity (Wildman–Crippen MR) is 66.1 cm³/mol. The first-order valence-corrected chi connectivity index (χ1v) is 5.93. The van der Waals surface area contributed by atoms with Crippen molar-refractivity contribution in [3.63, 3.8) is 0 Å². The first kappa shape index (κ1) is 11.6. The Hall–Kier alpha value is -0.860. The molecular formula is C13H16ClNO. The number of fused-ring (bicyclic) bond motifs is 1. The minimum atomic E-state index is 0.122. The van der Waals surface area contributed by atoms with Gasteiger partial charge < -0.3 is 4.90 Å². The number of benzene rings is 1. The molecule has 1 aliphatic carbocycles. The van der Waals surface area contributed by atoms with E-state index in [-0.39, 0.29) is 11.7 Å². The zero-order valence-corrected chi connectivity index (χ0v) is 10.4. The zero-order chi connectivity index (χ0) is 11.7. The summed E-state index contributed by atoms with van der Waals surface area (Å²) in [6.07, 6.45) is 1.72. The lowest BCUT2D eigenvalue weighted by Gasteiger charge is -2.12. The minimum absolute atomic E-state index is 0.122. The third-order valence-electron chi connectivity index (χ3n) is 3.13. The summed E-state index contributed by atoms with van der Waals surface area (Å²) in [6.45, 7) is 0.946. The second-order valence-corrected chi connectivity index (χ2v) is 5.03. The molecule has 86 valence electrons. The van der Waals surface area contributed by atoms with E-state index in [9.17, 15) is 4.79 Å². The molecule has 0 fully saturated rings. The first-order chi connectivity index (χ1) is 7.59. The molecule has 0 saturated heterocycles. The molecule has 1 unspecified atom stereocenters. The molecule has 1 atom stereocenters. The van der Waals surface area contributed by atoms with E-state index in [4.69, 9.17) is 11.6 Å². The van der Waals surface area contributed by atoms with Gasteiger partial charge in [0, 0.05) is 16.5 Å². The summed E-state index contributed by atoms with van der Waals surface area (Å²) in [4.78, 5) is 14.2. The number of carbonyl (C=O) groups excluding carboxylic acids is 1. The van der Waals surface area contributed by atoms with Crippen LogP contribution in [0.1, 0.15) is 22.3 Å². The molecular weight excluding hydrogens is 222 g/mol. The van der Waals surface area contributed by atoms with Gasteiger partial charge in [-0.1, -0.05) is 23.7 Å². The average Bonchev–Trinajstić information content (AvgIpc) is 2.55. The van der Waals surface area contributed by atoms with Gasteiger partial charge in [0.15, 0.2) is 5.78 Å². The molecule has 16 heavy (non-hydrogen) atoms. The number of ketones is 1. The SMILES string of the molecule is CN(C)CCC1Cc2c(Cl)cccc2C1=O. The van der Waals surface area contributed by atoms with E-state index in [0.717, 1.165) is 35.5 Å². The van der Waals surface area contributed by atoms with Crippen LogP contribution < -0.4 is 0 Å². The Morgan fingerprint density at radius 3 is 2.81 bits per heavy atom. The molecule has 0 spiro atoms. The minimum Gasteiger partial charge on any atom is -0.309 e. The molecule has 1 aromatic carbocycles. The van der Waals surface area contributed by atoms with E-state index in [1.165, 1.54) is 0 Å². The number of rotatable bonds is 3. The molecule has 2 nitrogen and oxygen atoms in total. The van der Waals surface area contributed by atoms with E-state index in [0.29, 0.717) is 0 Å². The Morgan fingerprint density at radius 1 is 1.44 bits per heavy atom. The van der Waals surface area contributed by atoms with Crippen LogP contribution >= 0.6 is 11.6 Å². The monoisotopic (exact) mass is 237 g/mol. The fourth-order valence-corrected chi connectivity index (χ4v) is 2.45. The summed E-state index contributed by atoms with van der Waals surface area (Å²) in [5.41, 5.74) is 1.87. The highest BCUT2D eigenvalue weighted by Crippen LogP contribution is 2.33. The van der Waals surface area contributed by atoms with E-state index in [1.54, 1.807) is 0 Å². The maximum absolute atomic E-state index is 12.1. The van der Waals surface area contributed by atoms with Crippen molar-refractivity contribution in [1.82, 2.24) is 4.90 Å². The maximum Gasteiger partial charge on any atom is 0.166 e. The van der Waals surface area contributed by atoms with E-state index in [1.807, 2.05) is 32.3 Å². The molecule has 0 bridgehead atoms. The van der Waals surface area contributed by atoms with Gasteiger partial charge in [0.25, 0.3) is 0 Å². The summed E-state index contributed by atoms with van der Waals surface area (Å²) in [5, 5.41) is 0.734. The number of hydrogen-bond donors (Lipinski definition) is 0. The Balaban J connectivity index is 2.15. The highest BCUT2D eigenvalue weighted by Gasteiger charge is 2.31. The number of Topliss-reactive ketones (excluding diaryl/α,β-unsaturated/α-hetero) is 1. The Morgan fingerprint density at radius 2 is 2.19 bits per heavy atom. The van der Waals surface area contributed by atoms with Gasteiger partial charge in [-0.2, -0.15) is 0 Å².